The second-order valence-corrected chi connectivity index (χ2v) is 6.39. The van der Waals surface area contributed by atoms with Gasteiger partial charge in [-0.3, -0.25) is 9.59 Å². The molecule has 26 heavy (non-hydrogen) atoms. The quantitative estimate of drug-likeness (QED) is 0.837. The van der Waals surface area contributed by atoms with Crippen LogP contribution in [0.15, 0.2) is 42.5 Å². The smallest absolute Gasteiger partial charge is 0.270 e. The van der Waals surface area contributed by atoms with Gasteiger partial charge in [0.25, 0.3) is 11.8 Å². The highest BCUT2D eigenvalue weighted by Gasteiger charge is 2.19. The van der Waals surface area contributed by atoms with Crippen molar-refractivity contribution in [1.29, 1.82) is 0 Å². The average molecular weight is 353 g/mol. The van der Waals surface area contributed by atoms with Crippen molar-refractivity contribution in [2.75, 3.05) is 7.11 Å². The topological polar surface area (TPSA) is 80.3 Å². The highest BCUT2D eigenvalue weighted by Crippen LogP contribution is 2.18. The average Bonchev–Trinajstić information content (AvgIpc) is 3.19. The number of ether oxygens (including phenoxy) is 1. The molecule has 2 aromatic rings. The first-order valence-corrected chi connectivity index (χ1v) is 8.85. The molecule has 2 amide bonds. The Kier molecular flexibility index (Phi) is 5.84. The number of hydrogen-bond acceptors (Lipinski definition) is 4. The number of nitrogens with one attached hydrogen (secondary N) is 2. The van der Waals surface area contributed by atoms with Crippen molar-refractivity contribution in [2.24, 2.45) is 0 Å². The van der Waals surface area contributed by atoms with Gasteiger partial charge in [-0.05, 0) is 42.7 Å². The molecule has 1 heterocycles. The van der Waals surface area contributed by atoms with Gasteiger partial charge in [0.2, 0.25) is 0 Å². The van der Waals surface area contributed by atoms with E-state index in [9.17, 15) is 9.59 Å². The molecule has 0 saturated heterocycles. The van der Waals surface area contributed by atoms with E-state index in [-0.39, 0.29) is 29.2 Å². The Morgan fingerprint density at radius 2 is 1.69 bits per heavy atom. The lowest BCUT2D eigenvalue weighted by Gasteiger charge is -2.12. The molecule has 2 N–H and O–H groups in total. The van der Waals surface area contributed by atoms with Gasteiger partial charge in [0.05, 0.1) is 7.11 Å². The molecule has 0 aliphatic heterocycles. The van der Waals surface area contributed by atoms with E-state index >= 15 is 0 Å². The normalized spacial score (nSPS) is 14.0. The molecule has 0 radical (unpaired) electrons. The van der Waals surface area contributed by atoms with Crippen LogP contribution in [0.3, 0.4) is 0 Å². The van der Waals surface area contributed by atoms with Gasteiger partial charge in [-0.2, -0.15) is 0 Å². The second-order valence-electron chi connectivity index (χ2n) is 6.39. The maximum atomic E-state index is 12.3. The van der Waals surface area contributed by atoms with E-state index in [4.69, 9.17) is 4.74 Å². The number of nitrogens with zero attached hydrogens (tertiary/aromatic N) is 1. The van der Waals surface area contributed by atoms with Gasteiger partial charge >= 0.3 is 0 Å². The first-order valence-electron chi connectivity index (χ1n) is 8.85. The van der Waals surface area contributed by atoms with Crippen LogP contribution in [0, 0.1) is 0 Å². The van der Waals surface area contributed by atoms with Crippen LogP contribution in [0.4, 0.5) is 0 Å². The molecule has 3 rings (SSSR count). The lowest BCUT2D eigenvalue weighted by Crippen LogP contribution is -2.33. The van der Waals surface area contributed by atoms with Gasteiger partial charge in [0.1, 0.15) is 17.1 Å². The first kappa shape index (κ1) is 17.9. The maximum absolute atomic E-state index is 12.3. The summed E-state index contributed by atoms with van der Waals surface area (Å²) in [5.74, 6) is 0.237. The van der Waals surface area contributed by atoms with Gasteiger partial charge in [0.15, 0.2) is 0 Å². The number of aromatic nitrogens is 1. The Balaban J connectivity index is 1.59. The minimum atomic E-state index is -0.309. The number of hydrogen-bond donors (Lipinski definition) is 2. The summed E-state index contributed by atoms with van der Waals surface area (Å²) in [6.45, 7) is 0.378. The number of amides is 2. The van der Waals surface area contributed by atoms with E-state index < -0.39 is 0 Å². The van der Waals surface area contributed by atoms with Gasteiger partial charge in [-0.25, -0.2) is 4.98 Å². The molecule has 0 unspecified atom stereocenters. The first-order chi connectivity index (χ1) is 12.7. The molecule has 0 atom stereocenters. The molecular formula is C20H23N3O3. The zero-order chi connectivity index (χ0) is 18.4. The summed E-state index contributed by atoms with van der Waals surface area (Å²) < 4.78 is 5.11. The summed E-state index contributed by atoms with van der Waals surface area (Å²) >= 11 is 0. The molecule has 6 nitrogen and oxygen atoms in total. The van der Waals surface area contributed by atoms with Crippen LogP contribution in [0.2, 0.25) is 0 Å². The van der Waals surface area contributed by atoms with E-state index in [0.29, 0.717) is 6.54 Å². The fourth-order valence-electron chi connectivity index (χ4n) is 3.03. The van der Waals surface area contributed by atoms with E-state index in [1.165, 1.54) is 0 Å². The number of rotatable bonds is 6. The molecular weight excluding hydrogens is 330 g/mol. The summed E-state index contributed by atoms with van der Waals surface area (Å²) in [6, 6.07) is 12.6. The summed E-state index contributed by atoms with van der Waals surface area (Å²) in [4.78, 5) is 28.8. The van der Waals surface area contributed by atoms with Gasteiger partial charge < -0.3 is 15.4 Å². The lowest BCUT2D eigenvalue weighted by molar-refractivity contribution is 0.0931. The highest BCUT2D eigenvalue weighted by molar-refractivity contribution is 5.96. The molecule has 1 fully saturated rings. The molecule has 6 heteroatoms. The Bertz CT molecular complexity index is 768. The zero-order valence-electron chi connectivity index (χ0n) is 14.8. The Labute approximate surface area is 153 Å². The number of carbonyl (C=O) groups excluding carboxylic acids is 2. The minimum Gasteiger partial charge on any atom is -0.497 e. The van der Waals surface area contributed by atoms with E-state index in [0.717, 1.165) is 37.0 Å². The fraction of sp³-hybridized carbons (Fsp3) is 0.350. The van der Waals surface area contributed by atoms with E-state index in [2.05, 4.69) is 15.6 Å². The fourth-order valence-corrected chi connectivity index (χ4v) is 3.03. The van der Waals surface area contributed by atoms with Crippen molar-refractivity contribution in [3.63, 3.8) is 0 Å². The molecule has 0 bridgehead atoms. The van der Waals surface area contributed by atoms with Crippen molar-refractivity contribution in [2.45, 2.75) is 38.3 Å². The summed E-state index contributed by atoms with van der Waals surface area (Å²) in [5.41, 5.74) is 1.46. The molecule has 1 aliphatic carbocycles. The van der Waals surface area contributed by atoms with Gasteiger partial charge in [0, 0.05) is 12.6 Å². The zero-order valence-corrected chi connectivity index (χ0v) is 14.8. The molecule has 1 aliphatic rings. The lowest BCUT2D eigenvalue weighted by atomic mass is 10.2. The van der Waals surface area contributed by atoms with Gasteiger partial charge in [-0.1, -0.05) is 31.0 Å². The van der Waals surface area contributed by atoms with Crippen molar-refractivity contribution in [1.82, 2.24) is 15.6 Å². The number of pyridine rings is 1. The van der Waals surface area contributed by atoms with Crippen molar-refractivity contribution >= 4 is 11.8 Å². The third kappa shape index (κ3) is 4.59. The molecule has 0 spiro atoms. The van der Waals surface area contributed by atoms with Crippen LogP contribution in [0.1, 0.15) is 52.2 Å². The highest BCUT2D eigenvalue weighted by atomic mass is 16.5. The number of benzene rings is 1. The predicted octanol–water partition coefficient (Wildman–Crippen LogP) is 2.69. The molecule has 136 valence electrons. The Morgan fingerprint density at radius 1 is 1.04 bits per heavy atom. The second kappa shape index (κ2) is 8.47. The van der Waals surface area contributed by atoms with Crippen LogP contribution in [0.5, 0.6) is 5.75 Å². The Morgan fingerprint density at radius 3 is 2.35 bits per heavy atom. The largest absolute Gasteiger partial charge is 0.497 e. The standard InChI is InChI=1S/C20H23N3O3/c1-26-16-11-9-14(10-12-16)13-21-19(24)17-7-4-8-18(23-17)20(25)22-15-5-2-3-6-15/h4,7-12,15H,2-3,5-6,13H2,1H3,(H,21,24)(H,22,25). The van der Waals surface area contributed by atoms with Crippen molar-refractivity contribution in [3.05, 3.63) is 59.4 Å². The summed E-state index contributed by atoms with van der Waals surface area (Å²) in [5, 5.41) is 5.80. The van der Waals surface area contributed by atoms with Crippen molar-refractivity contribution < 1.29 is 14.3 Å². The number of carbonyl (C=O) groups is 2. The monoisotopic (exact) mass is 353 g/mol. The third-order valence-corrected chi connectivity index (χ3v) is 4.52. The van der Waals surface area contributed by atoms with E-state index in [1.54, 1.807) is 25.3 Å². The van der Waals surface area contributed by atoms with Crippen LogP contribution < -0.4 is 15.4 Å². The Hall–Kier alpha value is -2.89. The van der Waals surface area contributed by atoms with Crippen LogP contribution in [0.25, 0.3) is 0 Å². The predicted molar refractivity (Wildman–Crippen MR) is 98.1 cm³/mol. The SMILES string of the molecule is COc1ccc(CNC(=O)c2cccc(C(=O)NC3CCCC3)n2)cc1. The molecule has 1 aromatic carbocycles. The number of methoxy groups -OCH3 is 1. The van der Waals surface area contributed by atoms with Crippen molar-refractivity contribution in [3.8, 4) is 5.75 Å². The van der Waals surface area contributed by atoms with E-state index in [1.807, 2.05) is 24.3 Å². The van der Waals surface area contributed by atoms with Crippen LogP contribution >= 0.6 is 0 Å². The molecule has 1 saturated carbocycles. The van der Waals surface area contributed by atoms with Crippen LogP contribution in [-0.2, 0) is 6.54 Å². The summed E-state index contributed by atoms with van der Waals surface area (Å²) in [7, 11) is 1.61. The summed E-state index contributed by atoms with van der Waals surface area (Å²) in [6.07, 6.45) is 4.31. The van der Waals surface area contributed by atoms with Gasteiger partial charge in [-0.15, -0.1) is 0 Å². The maximum Gasteiger partial charge on any atom is 0.270 e. The third-order valence-electron chi connectivity index (χ3n) is 4.52. The van der Waals surface area contributed by atoms with Crippen LogP contribution in [-0.4, -0.2) is 29.9 Å². The minimum absolute atomic E-state index is 0.219. The molecule has 1 aromatic heterocycles.